The van der Waals surface area contributed by atoms with Gasteiger partial charge in [-0.15, -0.1) is 11.6 Å². The highest BCUT2D eigenvalue weighted by Crippen LogP contribution is 2.20. The quantitative estimate of drug-likeness (QED) is 0.764. The minimum atomic E-state index is 0.490. The molecule has 0 aliphatic carbocycles. The SMILES string of the molecule is CCC(C)n1ccc(CN2CCCCC2CCl)n1. The van der Waals surface area contributed by atoms with Crippen LogP contribution in [-0.2, 0) is 6.54 Å². The lowest BCUT2D eigenvalue weighted by atomic mass is 10.0. The van der Waals surface area contributed by atoms with E-state index in [4.69, 9.17) is 11.6 Å². The Morgan fingerprint density at radius 3 is 3.06 bits per heavy atom. The molecule has 0 aromatic carbocycles. The first-order valence-electron chi connectivity index (χ1n) is 7.08. The second-order valence-corrected chi connectivity index (χ2v) is 5.63. The molecule has 102 valence electrons. The van der Waals surface area contributed by atoms with E-state index in [0.29, 0.717) is 12.1 Å². The summed E-state index contributed by atoms with van der Waals surface area (Å²) in [4.78, 5) is 2.49. The lowest BCUT2D eigenvalue weighted by Gasteiger charge is -2.33. The Kier molecular flexibility index (Phi) is 5.07. The molecule has 4 heteroatoms. The van der Waals surface area contributed by atoms with E-state index in [2.05, 4.69) is 40.8 Å². The van der Waals surface area contributed by atoms with E-state index < -0.39 is 0 Å². The van der Waals surface area contributed by atoms with Crippen LogP contribution in [0.2, 0.25) is 0 Å². The fourth-order valence-electron chi connectivity index (χ4n) is 2.55. The van der Waals surface area contributed by atoms with Gasteiger partial charge >= 0.3 is 0 Å². The summed E-state index contributed by atoms with van der Waals surface area (Å²) in [5, 5.41) is 4.68. The van der Waals surface area contributed by atoms with Gasteiger partial charge in [-0.3, -0.25) is 9.58 Å². The van der Waals surface area contributed by atoms with E-state index in [-0.39, 0.29) is 0 Å². The van der Waals surface area contributed by atoms with Gasteiger partial charge in [-0.1, -0.05) is 13.3 Å². The summed E-state index contributed by atoms with van der Waals surface area (Å²) in [7, 11) is 0. The predicted molar refractivity (Wildman–Crippen MR) is 76.0 cm³/mol. The van der Waals surface area contributed by atoms with Crippen LogP contribution in [-0.4, -0.2) is 33.1 Å². The zero-order valence-electron chi connectivity index (χ0n) is 11.5. The second-order valence-electron chi connectivity index (χ2n) is 5.32. The van der Waals surface area contributed by atoms with Gasteiger partial charge in [-0.05, 0) is 38.8 Å². The highest BCUT2D eigenvalue weighted by molar-refractivity contribution is 6.18. The molecule has 1 saturated heterocycles. The Morgan fingerprint density at radius 1 is 1.50 bits per heavy atom. The van der Waals surface area contributed by atoms with Crippen LogP contribution < -0.4 is 0 Å². The van der Waals surface area contributed by atoms with E-state index in [1.165, 1.54) is 25.0 Å². The van der Waals surface area contributed by atoms with Crippen molar-refractivity contribution in [1.29, 1.82) is 0 Å². The predicted octanol–water partition coefficient (Wildman–Crippen LogP) is 3.45. The van der Waals surface area contributed by atoms with Gasteiger partial charge in [-0.25, -0.2) is 0 Å². The fourth-order valence-corrected chi connectivity index (χ4v) is 2.89. The molecule has 2 heterocycles. The van der Waals surface area contributed by atoms with Gasteiger partial charge in [0.15, 0.2) is 0 Å². The van der Waals surface area contributed by atoms with E-state index in [9.17, 15) is 0 Å². The van der Waals surface area contributed by atoms with Crippen LogP contribution in [0.3, 0.4) is 0 Å². The van der Waals surface area contributed by atoms with Crippen molar-refractivity contribution in [3.8, 4) is 0 Å². The van der Waals surface area contributed by atoms with Crippen molar-refractivity contribution in [3.63, 3.8) is 0 Å². The molecule has 0 amide bonds. The molecular weight excluding hydrogens is 246 g/mol. The molecule has 0 radical (unpaired) electrons. The summed E-state index contributed by atoms with van der Waals surface area (Å²) >= 11 is 6.05. The van der Waals surface area contributed by atoms with Crippen molar-refractivity contribution >= 4 is 11.6 Å². The third-order valence-electron chi connectivity index (χ3n) is 4.00. The maximum atomic E-state index is 6.05. The van der Waals surface area contributed by atoms with Gasteiger partial charge in [0, 0.05) is 30.7 Å². The van der Waals surface area contributed by atoms with E-state index in [1.54, 1.807) is 0 Å². The van der Waals surface area contributed by atoms with Crippen molar-refractivity contribution in [1.82, 2.24) is 14.7 Å². The van der Waals surface area contributed by atoms with Crippen LogP contribution in [0.15, 0.2) is 12.3 Å². The number of piperidine rings is 1. The second kappa shape index (κ2) is 6.58. The summed E-state index contributed by atoms with van der Waals surface area (Å²) in [5.41, 5.74) is 1.17. The Balaban J connectivity index is 1.97. The summed E-state index contributed by atoms with van der Waals surface area (Å²) in [6.45, 7) is 6.51. The maximum absolute atomic E-state index is 6.05. The van der Waals surface area contributed by atoms with Crippen molar-refractivity contribution < 1.29 is 0 Å². The van der Waals surface area contributed by atoms with Gasteiger partial charge in [0.2, 0.25) is 0 Å². The van der Waals surface area contributed by atoms with Crippen LogP contribution in [0.4, 0.5) is 0 Å². The highest BCUT2D eigenvalue weighted by Gasteiger charge is 2.22. The number of likely N-dealkylation sites (tertiary alicyclic amines) is 1. The smallest absolute Gasteiger partial charge is 0.0765 e. The summed E-state index contributed by atoms with van der Waals surface area (Å²) in [6, 6.07) is 3.17. The lowest BCUT2D eigenvalue weighted by molar-refractivity contribution is 0.152. The third kappa shape index (κ3) is 3.27. The molecule has 18 heavy (non-hydrogen) atoms. The molecule has 1 aromatic heterocycles. The Hall–Kier alpha value is -0.540. The van der Waals surface area contributed by atoms with Gasteiger partial charge in [0.25, 0.3) is 0 Å². The van der Waals surface area contributed by atoms with Crippen LogP contribution in [0, 0.1) is 0 Å². The van der Waals surface area contributed by atoms with Gasteiger partial charge < -0.3 is 0 Å². The third-order valence-corrected chi connectivity index (χ3v) is 4.35. The number of aromatic nitrogens is 2. The number of nitrogens with zero attached hydrogens (tertiary/aromatic N) is 3. The Morgan fingerprint density at radius 2 is 2.33 bits per heavy atom. The molecule has 2 rings (SSSR count). The number of alkyl halides is 1. The Labute approximate surface area is 115 Å². The standard InChI is InChI=1S/C14H24ClN3/c1-3-12(2)18-9-7-13(16-18)11-17-8-5-4-6-14(17)10-15/h7,9,12,14H,3-6,8,10-11H2,1-2H3. The molecule has 0 spiro atoms. The van der Waals surface area contributed by atoms with Crippen molar-refractivity contribution in [3.05, 3.63) is 18.0 Å². The molecule has 2 atom stereocenters. The molecule has 0 bridgehead atoms. The first kappa shape index (κ1) is 13.9. The van der Waals surface area contributed by atoms with Crippen molar-refractivity contribution in [2.45, 2.75) is 58.2 Å². The molecule has 1 aliphatic heterocycles. The molecule has 1 fully saturated rings. The lowest BCUT2D eigenvalue weighted by Crippen LogP contribution is -2.40. The van der Waals surface area contributed by atoms with Crippen LogP contribution in [0.5, 0.6) is 0 Å². The number of hydrogen-bond donors (Lipinski definition) is 0. The molecule has 0 saturated carbocycles. The average Bonchev–Trinajstić information content (AvgIpc) is 2.87. The monoisotopic (exact) mass is 269 g/mol. The topological polar surface area (TPSA) is 21.1 Å². The minimum absolute atomic E-state index is 0.490. The molecule has 1 aliphatic rings. The van der Waals surface area contributed by atoms with Crippen LogP contribution >= 0.6 is 11.6 Å². The summed E-state index contributed by atoms with van der Waals surface area (Å²) in [6.07, 6.45) is 7.06. The number of rotatable bonds is 5. The minimum Gasteiger partial charge on any atom is -0.293 e. The van der Waals surface area contributed by atoms with Crippen LogP contribution in [0.1, 0.15) is 51.3 Å². The summed E-state index contributed by atoms with van der Waals surface area (Å²) in [5.74, 6) is 0.742. The van der Waals surface area contributed by atoms with Gasteiger partial charge in [-0.2, -0.15) is 5.10 Å². The zero-order valence-corrected chi connectivity index (χ0v) is 12.2. The number of hydrogen-bond acceptors (Lipinski definition) is 2. The normalized spacial score (nSPS) is 23.2. The highest BCUT2D eigenvalue weighted by atomic mass is 35.5. The molecule has 0 N–H and O–H groups in total. The molecule has 1 aromatic rings. The largest absolute Gasteiger partial charge is 0.293 e. The van der Waals surface area contributed by atoms with E-state index >= 15 is 0 Å². The van der Waals surface area contributed by atoms with Crippen molar-refractivity contribution in [2.75, 3.05) is 12.4 Å². The van der Waals surface area contributed by atoms with E-state index in [1.807, 2.05) is 0 Å². The zero-order chi connectivity index (χ0) is 13.0. The first-order chi connectivity index (χ1) is 8.74. The van der Waals surface area contributed by atoms with Crippen molar-refractivity contribution in [2.24, 2.45) is 0 Å². The number of halogens is 1. The van der Waals surface area contributed by atoms with Gasteiger partial charge in [0.05, 0.1) is 5.69 Å². The summed E-state index contributed by atoms with van der Waals surface area (Å²) < 4.78 is 2.08. The molecule has 3 nitrogen and oxygen atoms in total. The van der Waals surface area contributed by atoms with Crippen LogP contribution in [0.25, 0.3) is 0 Å². The maximum Gasteiger partial charge on any atom is 0.0765 e. The average molecular weight is 270 g/mol. The van der Waals surface area contributed by atoms with E-state index in [0.717, 1.165) is 25.4 Å². The fraction of sp³-hybridized carbons (Fsp3) is 0.786. The van der Waals surface area contributed by atoms with Gasteiger partial charge in [0.1, 0.15) is 0 Å². The Bertz CT molecular complexity index is 364. The first-order valence-corrected chi connectivity index (χ1v) is 7.62. The molecule has 2 unspecified atom stereocenters. The molecular formula is C14H24ClN3.